The third-order valence-corrected chi connectivity index (χ3v) is 6.15. The molecule has 0 fully saturated rings. The van der Waals surface area contributed by atoms with Crippen molar-refractivity contribution < 1.29 is 0 Å². The van der Waals surface area contributed by atoms with Gasteiger partial charge in [-0.2, -0.15) is 0 Å². The van der Waals surface area contributed by atoms with Crippen LogP contribution in [-0.2, 0) is 0 Å². The second-order valence-corrected chi connectivity index (χ2v) is 8.30. The van der Waals surface area contributed by atoms with Crippen molar-refractivity contribution >= 4 is 33.2 Å². The fourth-order valence-electron chi connectivity index (χ4n) is 4.43. The third-order valence-electron chi connectivity index (χ3n) is 6.15. The van der Waals surface area contributed by atoms with Gasteiger partial charge in [-0.05, 0) is 49.2 Å². The molecule has 0 saturated carbocycles. The van der Waals surface area contributed by atoms with Gasteiger partial charge in [0.1, 0.15) is 17.2 Å². The number of benzene rings is 3. The van der Waals surface area contributed by atoms with Crippen molar-refractivity contribution in [3.63, 3.8) is 0 Å². The molecule has 0 aliphatic heterocycles. The van der Waals surface area contributed by atoms with E-state index in [1.54, 1.807) is 10.9 Å². The van der Waals surface area contributed by atoms with Gasteiger partial charge in [-0.25, -0.2) is 15.0 Å². The van der Waals surface area contributed by atoms with Crippen molar-refractivity contribution in [1.82, 2.24) is 24.1 Å². The molecule has 0 amide bonds. The van der Waals surface area contributed by atoms with Gasteiger partial charge in [0.05, 0.1) is 17.1 Å². The normalized spacial score (nSPS) is 12.5. The van der Waals surface area contributed by atoms with Gasteiger partial charge in [-0.1, -0.05) is 54.6 Å². The molecule has 6 rings (SSSR count). The van der Waals surface area contributed by atoms with Crippen molar-refractivity contribution in [1.29, 1.82) is 0 Å². The lowest BCUT2D eigenvalue weighted by Crippen LogP contribution is -2.24. The minimum atomic E-state index is -0.165. The van der Waals surface area contributed by atoms with E-state index >= 15 is 0 Å². The zero-order valence-corrected chi connectivity index (χ0v) is 18.3. The van der Waals surface area contributed by atoms with Crippen molar-refractivity contribution in [3.8, 4) is 5.69 Å². The summed E-state index contributed by atoms with van der Waals surface area (Å²) < 4.78 is 3.62. The van der Waals surface area contributed by atoms with E-state index in [1.165, 1.54) is 0 Å². The van der Waals surface area contributed by atoms with Crippen LogP contribution < -0.4 is 5.56 Å². The fourth-order valence-corrected chi connectivity index (χ4v) is 4.43. The second kappa shape index (κ2) is 7.38. The van der Waals surface area contributed by atoms with Crippen molar-refractivity contribution in [2.45, 2.75) is 19.9 Å². The molecule has 0 N–H and O–H groups in total. The molecule has 160 valence electrons. The van der Waals surface area contributed by atoms with Gasteiger partial charge in [0.15, 0.2) is 11.3 Å². The van der Waals surface area contributed by atoms with Crippen LogP contribution in [0.15, 0.2) is 90.0 Å². The summed E-state index contributed by atoms with van der Waals surface area (Å²) >= 11 is 0. The van der Waals surface area contributed by atoms with E-state index in [2.05, 4.69) is 6.07 Å². The van der Waals surface area contributed by atoms with Crippen LogP contribution in [0.5, 0.6) is 0 Å². The lowest BCUT2D eigenvalue weighted by atomic mass is 10.1. The lowest BCUT2D eigenvalue weighted by molar-refractivity contribution is 0.608. The van der Waals surface area contributed by atoms with Gasteiger partial charge in [-0.3, -0.25) is 13.9 Å². The molecule has 0 aliphatic carbocycles. The van der Waals surface area contributed by atoms with Crippen LogP contribution in [0.4, 0.5) is 0 Å². The van der Waals surface area contributed by atoms with Crippen LogP contribution in [0, 0.1) is 6.92 Å². The highest BCUT2D eigenvalue weighted by molar-refractivity contribution is 6.05. The molecule has 0 bridgehead atoms. The Morgan fingerprint density at radius 3 is 2.30 bits per heavy atom. The van der Waals surface area contributed by atoms with E-state index < -0.39 is 0 Å². The first-order chi connectivity index (χ1) is 16.1. The molecule has 6 aromatic rings. The number of hydrogen-bond acceptors (Lipinski definition) is 4. The fraction of sp³-hybridized carbons (Fsp3) is 0.111. The Balaban J connectivity index is 1.73. The van der Waals surface area contributed by atoms with E-state index in [4.69, 9.17) is 15.0 Å². The Bertz CT molecular complexity index is 1720. The Kier molecular flexibility index (Phi) is 4.33. The minimum Gasteiger partial charge on any atom is -0.291 e. The molecule has 33 heavy (non-hydrogen) atoms. The Morgan fingerprint density at radius 1 is 0.818 bits per heavy atom. The summed E-state index contributed by atoms with van der Waals surface area (Å²) in [4.78, 5) is 28.4. The smallest absolute Gasteiger partial charge is 0.265 e. The van der Waals surface area contributed by atoms with E-state index in [9.17, 15) is 4.79 Å². The summed E-state index contributed by atoms with van der Waals surface area (Å²) in [6, 6.07) is 25.6. The average Bonchev–Trinajstić information content (AvgIpc) is 3.17. The van der Waals surface area contributed by atoms with Crippen LogP contribution in [0.3, 0.4) is 0 Å². The second-order valence-electron chi connectivity index (χ2n) is 8.30. The zero-order chi connectivity index (χ0) is 22.5. The summed E-state index contributed by atoms with van der Waals surface area (Å²) in [7, 11) is 0. The molecule has 0 aliphatic rings. The van der Waals surface area contributed by atoms with Crippen molar-refractivity contribution in [2.24, 2.45) is 0 Å². The van der Waals surface area contributed by atoms with E-state index in [0.29, 0.717) is 22.2 Å². The highest BCUT2D eigenvalue weighted by atomic mass is 16.1. The average molecular weight is 431 g/mol. The molecule has 1 unspecified atom stereocenters. The van der Waals surface area contributed by atoms with Gasteiger partial charge >= 0.3 is 0 Å². The Hall–Kier alpha value is -4.32. The largest absolute Gasteiger partial charge is 0.291 e. The van der Waals surface area contributed by atoms with Crippen LogP contribution in [-0.4, -0.2) is 24.1 Å². The first-order valence-electron chi connectivity index (χ1n) is 10.9. The molecule has 0 radical (unpaired) electrons. The monoisotopic (exact) mass is 431 g/mol. The predicted octanol–water partition coefficient (Wildman–Crippen LogP) is 5.20. The van der Waals surface area contributed by atoms with E-state index in [-0.39, 0.29) is 11.6 Å². The first kappa shape index (κ1) is 19.4. The number of hydrogen-bond donors (Lipinski definition) is 0. The number of rotatable bonds is 3. The molecule has 6 heteroatoms. The highest BCUT2D eigenvalue weighted by Crippen LogP contribution is 2.29. The topological polar surface area (TPSA) is 65.6 Å². The van der Waals surface area contributed by atoms with Crippen LogP contribution in [0.2, 0.25) is 0 Å². The lowest BCUT2D eigenvalue weighted by Gasteiger charge is -2.15. The van der Waals surface area contributed by atoms with Gasteiger partial charge in [-0.15, -0.1) is 0 Å². The summed E-state index contributed by atoms with van der Waals surface area (Å²) in [5.41, 5.74) is 6.22. The number of aryl methyl sites for hydroxylation is 1. The molecular formula is C27H21N5O. The molecule has 0 saturated heterocycles. The standard InChI is InChI=1S/C27H21N5O/c1-17-9-8-12-20(15-17)32-25-23(24-26(32)30-22-14-7-6-13-21(22)29-24)27(33)31(16-28-25)18(2)19-10-4-3-5-11-19/h3-16,18H,1-2H3. The van der Waals surface area contributed by atoms with E-state index in [0.717, 1.165) is 27.8 Å². The number of para-hydroxylation sites is 2. The molecule has 1 atom stereocenters. The van der Waals surface area contributed by atoms with Gasteiger partial charge < -0.3 is 0 Å². The van der Waals surface area contributed by atoms with Gasteiger partial charge in [0.25, 0.3) is 5.56 Å². The Morgan fingerprint density at radius 2 is 1.55 bits per heavy atom. The maximum atomic E-state index is 13.8. The number of fused-ring (bicyclic) bond motifs is 4. The number of nitrogens with zero attached hydrogens (tertiary/aromatic N) is 5. The predicted molar refractivity (Wildman–Crippen MR) is 131 cm³/mol. The van der Waals surface area contributed by atoms with Crippen LogP contribution >= 0.6 is 0 Å². The summed E-state index contributed by atoms with van der Waals surface area (Å²) in [5.74, 6) is 0. The highest BCUT2D eigenvalue weighted by Gasteiger charge is 2.22. The van der Waals surface area contributed by atoms with Crippen LogP contribution in [0.1, 0.15) is 24.1 Å². The summed E-state index contributed by atoms with van der Waals surface area (Å²) in [6.45, 7) is 4.05. The molecule has 3 aromatic carbocycles. The van der Waals surface area contributed by atoms with Crippen molar-refractivity contribution in [2.75, 3.05) is 0 Å². The van der Waals surface area contributed by atoms with E-state index in [1.807, 2.05) is 91.2 Å². The molecular weight excluding hydrogens is 410 g/mol. The SMILES string of the molecule is Cc1cccc(-n2c3nc4ccccc4nc3c3c(=O)n(C(C)c4ccccc4)cnc32)c1. The van der Waals surface area contributed by atoms with Crippen molar-refractivity contribution in [3.05, 3.63) is 107 Å². The molecule has 0 spiro atoms. The quantitative estimate of drug-likeness (QED) is 0.386. The van der Waals surface area contributed by atoms with Gasteiger partial charge in [0.2, 0.25) is 0 Å². The third kappa shape index (κ3) is 3.03. The molecule has 3 heterocycles. The maximum Gasteiger partial charge on any atom is 0.265 e. The summed E-state index contributed by atoms with van der Waals surface area (Å²) in [5, 5.41) is 0.482. The summed E-state index contributed by atoms with van der Waals surface area (Å²) in [6.07, 6.45) is 1.63. The maximum absolute atomic E-state index is 13.8. The molecule has 3 aromatic heterocycles. The minimum absolute atomic E-state index is 0.127. The number of aromatic nitrogens is 5. The van der Waals surface area contributed by atoms with Crippen LogP contribution in [0.25, 0.3) is 38.9 Å². The van der Waals surface area contributed by atoms with Gasteiger partial charge in [0, 0.05) is 5.69 Å². The first-order valence-corrected chi connectivity index (χ1v) is 10.9. The Labute approximate surface area is 189 Å². The molecule has 6 nitrogen and oxygen atoms in total. The zero-order valence-electron chi connectivity index (χ0n) is 18.3.